The number of rotatable bonds is 8. The van der Waals surface area contributed by atoms with Gasteiger partial charge in [-0.1, -0.05) is 26.7 Å². The van der Waals surface area contributed by atoms with Crippen molar-refractivity contribution in [3.63, 3.8) is 0 Å². The first-order valence-electron chi connectivity index (χ1n) is 5.43. The maximum atomic E-state index is 5.62. The average Bonchev–Trinajstić information content (AvgIpc) is 2.05. The molecule has 2 nitrogen and oxygen atoms in total. The molecule has 0 saturated carbocycles. The summed E-state index contributed by atoms with van der Waals surface area (Å²) in [5, 5.41) is 0. The van der Waals surface area contributed by atoms with Crippen molar-refractivity contribution in [3.05, 3.63) is 0 Å². The Morgan fingerprint density at radius 1 is 0.923 bits per heavy atom. The molecule has 3 heteroatoms. The molecule has 0 aromatic rings. The maximum Gasteiger partial charge on any atom is 0.304 e. The second-order valence-electron chi connectivity index (χ2n) is 3.65. The van der Waals surface area contributed by atoms with Crippen molar-refractivity contribution >= 4 is 10.0 Å². The van der Waals surface area contributed by atoms with E-state index in [4.69, 9.17) is 8.85 Å². The van der Waals surface area contributed by atoms with Gasteiger partial charge in [-0.25, -0.2) is 0 Å². The van der Waals surface area contributed by atoms with Crippen molar-refractivity contribution < 1.29 is 8.85 Å². The predicted octanol–water partition coefficient (Wildman–Crippen LogP) is 2.40. The molecule has 0 aliphatic rings. The van der Waals surface area contributed by atoms with Crippen molar-refractivity contribution in [3.8, 4) is 0 Å². The molecule has 13 heavy (non-hydrogen) atoms. The lowest BCUT2D eigenvalue weighted by Gasteiger charge is -2.15. The summed E-state index contributed by atoms with van der Waals surface area (Å²) in [6, 6.07) is 0. The van der Waals surface area contributed by atoms with Crippen LogP contribution in [0.5, 0.6) is 0 Å². The van der Waals surface area contributed by atoms with Gasteiger partial charge in [-0.2, -0.15) is 0 Å². The molecule has 0 heterocycles. The molecule has 0 fully saturated rings. The lowest BCUT2D eigenvalue weighted by Crippen LogP contribution is -2.18. The Kier molecular flexibility index (Phi) is 8.81. The summed E-state index contributed by atoms with van der Waals surface area (Å²) in [5.74, 6) is 0. The molecule has 0 amide bonds. The van der Waals surface area contributed by atoms with Crippen LogP contribution in [0.2, 0.25) is 0 Å². The second kappa shape index (κ2) is 8.72. The summed E-state index contributed by atoms with van der Waals surface area (Å²) >= 11 is 0. The van der Waals surface area contributed by atoms with E-state index in [1.54, 1.807) is 0 Å². The van der Waals surface area contributed by atoms with Crippen LogP contribution in [0.1, 0.15) is 53.4 Å². The summed E-state index contributed by atoms with van der Waals surface area (Å²) in [4.78, 5) is 0. The molecule has 2 atom stereocenters. The van der Waals surface area contributed by atoms with Gasteiger partial charge in [0.25, 0.3) is 0 Å². The third-order valence-corrected chi connectivity index (χ3v) is 3.51. The minimum atomic E-state index is -0.724. The van der Waals surface area contributed by atoms with Crippen LogP contribution in [0.15, 0.2) is 0 Å². The van der Waals surface area contributed by atoms with E-state index in [0.29, 0.717) is 12.2 Å². The Morgan fingerprint density at radius 3 is 1.62 bits per heavy atom. The fourth-order valence-corrected chi connectivity index (χ4v) is 2.13. The average molecular weight is 204 g/mol. The molecule has 0 bridgehead atoms. The van der Waals surface area contributed by atoms with Crippen molar-refractivity contribution in [2.45, 2.75) is 65.6 Å². The quantitative estimate of drug-likeness (QED) is 0.565. The zero-order valence-corrected chi connectivity index (χ0v) is 10.9. The smallest absolute Gasteiger partial charge is 0.304 e. The Hall–Kier alpha value is 0.137. The maximum absolute atomic E-state index is 5.62. The van der Waals surface area contributed by atoms with Gasteiger partial charge >= 0.3 is 10.0 Å². The van der Waals surface area contributed by atoms with Crippen LogP contribution in [0, 0.1) is 0 Å². The molecular formula is C10H24O2Si. The van der Waals surface area contributed by atoms with Crippen LogP contribution in [0.25, 0.3) is 0 Å². The normalized spacial score (nSPS) is 16.6. The van der Waals surface area contributed by atoms with Crippen LogP contribution in [0.4, 0.5) is 0 Å². The van der Waals surface area contributed by atoms with Crippen LogP contribution in [-0.4, -0.2) is 22.2 Å². The lowest BCUT2D eigenvalue weighted by molar-refractivity contribution is 0.125. The van der Waals surface area contributed by atoms with Gasteiger partial charge in [-0.05, 0) is 26.7 Å². The highest BCUT2D eigenvalue weighted by Crippen LogP contribution is 2.03. The Balaban J connectivity index is 3.23. The van der Waals surface area contributed by atoms with Gasteiger partial charge in [0.15, 0.2) is 0 Å². The summed E-state index contributed by atoms with van der Waals surface area (Å²) in [6.07, 6.45) is 5.48. The third kappa shape index (κ3) is 8.47. The molecule has 0 aliphatic heterocycles. The number of hydrogen-bond acceptors (Lipinski definition) is 2. The molecular weight excluding hydrogens is 180 g/mol. The van der Waals surface area contributed by atoms with Crippen molar-refractivity contribution in [2.24, 2.45) is 0 Å². The van der Waals surface area contributed by atoms with Gasteiger partial charge < -0.3 is 8.85 Å². The van der Waals surface area contributed by atoms with E-state index in [2.05, 4.69) is 27.7 Å². The molecule has 0 spiro atoms. The Bertz CT molecular complexity index is 97.1. The van der Waals surface area contributed by atoms with Crippen molar-refractivity contribution in [2.75, 3.05) is 0 Å². The van der Waals surface area contributed by atoms with Gasteiger partial charge in [-0.3, -0.25) is 0 Å². The molecule has 0 aromatic heterocycles. The van der Waals surface area contributed by atoms with E-state index < -0.39 is 10.0 Å². The van der Waals surface area contributed by atoms with Gasteiger partial charge in [0.05, 0.1) is 0 Å². The molecule has 0 radical (unpaired) electrons. The molecule has 0 aliphatic carbocycles. The number of hydrogen-bond donors (Lipinski definition) is 0. The van der Waals surface area contributed by atoms with E-state index in [-0.39, 0.29) is 0 Å². The minimum Gasteiger partial charge on any atom is -0.396 e. The first-order valence-corrected chi connectivity index (χ1v) is 6.59. The molecule has 0 N–H and O–H groups in total. The van der Waals surface area contributed by atoms with Crippen molar-refractivity contribution in [1.29, 1.82) is 0 Å². The Morgan fingerprint density at radius 2 is 1.31 bits per heavy atom. The fourth-order valence-electron chi connectivity index (χ4n) is 1.25. The van der Waals surface area contributed by atoms with E-state index in [0.717, 1.165) is 12.8 Å². The molecule has 2 unspecified atom stereocenters. The minimum absolute atomic E-state index is 0.394. The summed E-state index contributed by atoms with van der Waals surface area (Å²) in [6.45, 7) is 8.62. The molecule has 0 rings (SSSR count). The summed E-state index contributed by atoms with van der Waals surface area (Å²) in [7, 11) is -0.724. The standard InChI is InChI=1S/C10H24O2Si/c1-5-7-9(3)11-13-12-10(4)8-6-2/h9-10H,5-8,13H2,1-4H3. The largest absolute Gasteiger partial charge is 0.396 e. The van der Waals surface area contributed by atoms with Gasteiger partial charge in [0.1, 0.15) is 0 Å². The van der Waals surface area contributed by atoms with Gasteiger partial charge in [0, 0.05) is 12.2 Å². The van der Waals surface area contributed by atoms with E-state index in [1.807, 2.05) is 0 Å². The molecule has 0 saturated heterocycles. The van der Waals surface area contributed by atoms with Crippen LogP contribution in [0.3, 0.4) is 0 Å². The van der Waals surface area contributed by atoms with Crippen LogP contribution in [-0.2, 0) is 8.85 Å². The van der Waals surface area contributed by atoms with Gasteiger partial charge in [0.2, 0.25) is 0 Å². The molecule has 0 aromatic carbocycles. The third-order valence-electron chi connectivity index (χ3n) is 2.10. The monoisotopic (exact) mass is 204 g/mol. The fraction of sp³-hybridized carbons (Fsp3) is 1.00. The van der Waals surface area contributed by atoms with Gasteiger partial charge in [-0.15, -0.1) is 0 Å². The van der Waals surface area contributed by atoms with E-state index in [9.17, 15) is 0 Å². The van der Waals surface area contributed by atoms with Crippen molar-refractivity contribution in [1.82, 2.24) is 0 Å². The van der Waals surface area contributed by atoms with E-state index >= 15 is 0 Å². The first-order chi connectivity index (χ1) is 6.20. The summed E-state index contributed by atoms with van der Waals surface area (Å²) < 4.78 is 11.2. The molecule has 80 valence electrons. The highest BCUT2D eigenvalue weighted by atomic mass is 28.3. The van der Waals surface area contributed by atoms with Crippen LogP contribution < -0.4 is 0 Å². The zero-order valence-electron chi connectivity index (χ0n) is 9.51. The van der Waals surface area contributed by atoms with E-state index in [1.165, 1.54) is 12.8 Å². The second-order valence-corrected chi connectivity index (χ2v) is 4.55. The first kappa shape index (κ1) is 13.1. The predicted molar refractivity (Wildman–Crippen MR) is 59.5 cm³/mol. The highest BCUT2D eigenvalue weighted by Gasteiger charge is 2.03. The van der Waals surface area contributed by atoms with Crippen LogP contribution >= 0.6 is 0 Å². The summed E-state index contributed by atoms with van der Waals surface area (Å²) in [5.41, 5.74) is 0. The topological polar surface area (TPSA) is 18.5 Å². The zero-order chi connectivity index (χ0) is 10.1. The Labute approximate surface area is 85.1 Å². The SMILES string of the molecule is CCCC(C)O[SiH2]OC(C)CCC. The lowest BCUT2D eigenvalue weighted by atomic mass is 10.2. The highest BCUT2D eigenvalue weighted by molar-refractivity contribution is 6.18.